The lowest BCUT2D eigenvalue weighted by Crippen LogP contribution is -2.65. The molecule has 1 saturated heterocycles. The molecule has 2 N–H and O–H groups in total. The number of Topliss-reactive ketones (excluding diaryl/α,β-unsaturated/α-hetero) is 1. The Morgan fingerprint density at radius 3 is 1.92 bits per heavy atom. The minimum Gasteiger partial charge on any atom is -0.424 e. The number of epoxide rings is 1. The van der Waals surface area contributed by atoms with E-state index in [1.54, 1.807) is 13.8 Å². The van der Waals surface area contributed by atoms with Gasteiger partial charge in [0.15, 0.2) is 11.4 Å². The fraction of sp³-hybridized carbons (Fsp3) is 0.519. The van der Waals surface area contributed by atoms with Crippen molar-refractivity contribution in [3.63, 3.8) is 0 Å². The number of hydrogen-bond acceptors (Lipinski definition) is 6. The van der Waals surface area contributed by atoms with Crippen molar-refractivity contribution in [3.8, 4) is 0 Å². The second kappa shape index (κ2) is 11.2. The van der Waals surface area contributed by atoms with Gasteiger partial charge in [-0.25, -0.2) is 8.42 Å². The summed E-state index contributed by atoms with van der Waals surface area (Å²) in [6.45, 7) is 7.62. The molecule has 0 unspecified atom stereocenters. The highest BCUT2D eigenvalue weighted by Gasteiger charge is 2.57. The van der Waals surface area contributed by atoms with Gasteiger partial charge in [-0.15, -0.1) is 0 Å². The summed E-state index contributed by atoms with van der Waals surface area (Å²) < 4.78 is 67.5. The molecule has 2 atom stereocenters. The van der Waals surface area contributed by atoms with Gasteiger partial charge in [-0.1, -0.05) is 88.4 Å². The molecule has 1 fully saturated rings. The molecule has 0 saturated carbocycles. The van der Waals surface area contributed by atoms with E-state index in [0.29, 0.717) is 6.42 Å². The molecule has 0 aliphatic carbocycles. The lowest BCUT2D eigenvalue weighted by Gasteiger charge is -2.41. The van der Waals surface area contributed by atoms with Gasteiger partial charge in [0.25, 0.3) is 18.2 Å². The maximum Gasteiger partial charge on any atom is 0.498 e. The molecule has 0 spiro atoms. The molecule has 3 rings (SSSR count). The van der Waals surface area contributed by atoms with Crippen LogP contribution in [0.2, 0.25) is 5.04 Å². The minimum atomic E-state index is -5.44. The quantitative estimate of drug-likeness (QED) is 0.282. The number of carbonyl (C=O) groups excluding carboxylic acids is 1. The van der Waals surface area contributed by atoms with Crippen LogP contribution in [0.4, 0.5) is 13.2 Å². The Bertz CT molecular complexity index is 1160. The summed E-state index contributed by atoms with van der Waals surface area (Å²) in [6.07, 6.45) is 0.810. The maximum atomic E-state index is 13.5. The fourth-order valence-corrected chi connectivity index (χ4v) is 9.18. The number of alkyl halides is 3. The van der Waals surface area contributed by atoms with Crippen molar-refractivity contribution < 1.29 is 35.9 Å². The molecule has 6 nitrogen and oxygen atoms in total. The van der Waals surface area contributed by atoms with Crippen molar-refractivity contribution in [1.82, 2.24) is 5.32 Å². The van der Waals surface area contributed by atoms with Crippen LogP contribution in [0.5, 0.6) is 0 Å². The molecular formula is C27H36F3NO5SSi. The van der Waals surface area contributed by atoms with Gasteiger partial charge >= 0.3 is 5.51 Å². The van der Waals surface area contributed by atoms with E-state index in [9.17, 15) is 31.2 Å². The molecule has 11 heteroatoms. The van der Waals surface area contributed by atoms with Crippen LogP contribution in [-0.4, -0.2) is 56.9 Å². The number of sulfone groups is 1. The number of nitrogens with one attached hydrogen (secondary N) is 1. The number of ketones is 1. The SMILES string of the molecule is CC(C)C[C@H](NCS(=O)(=O)C(F)(F)F)C(=O)[C@@]1(CCC(C)(C)[Si](O)(c2ccccc2)c2ccccc2)CO1. The molecule has 1 aliphatic rings. The number of rotatable bonds is 13. The third-order valence-corrected chi connectivity index (χ3v) is 13.2. The predicted molar refractivity (Wildman–Crippen MR) is 143 cm³/mol. The van der Waals surface area contributed by atoms with E-state index in [1.165, 1.54) is 0 Å². The van der Waals surface area contributed by atoms with Crippen LogP contribution in [0.25, 0.3) is 0 Å². The molecular weight excluding hydrogens is 535 g/mol. The van der Waals surface area contributed by atoms with E-state index >= 15 is 0 Å². The summed E-state index contributed by atoms with van der Waals surface area (Å²) in [5.74, 6) is -1.91. The summed E-state index contributed by atoms with van der Waals surface area (Å²) >= 11 is 0. The first-order valence-corrected chi connectivity index (χ1v) is 16.2. The Balaban J connectivity index is 1.84. The van der Waals surface area contributed by atoms with E-state index in [2.05, 4.69) is 5.32 Å². The minimum absolute atomic E-state index is 0.0778. The topological polar surface area (TPSA) is 96.0 Å². The summed E-state index contributed by atoms with van der Waals surface area (Å²) in [7, 11) is -8.77. The Labute approximate surface area is 223 Å². The van der Waals surface area contributed by atoms with Crippen molar-refractivity contribution in [1.29, 1.82) is 0 Å². The molecule has 1 heterocycles. The van der Waals surface area contributed by atoms with Crippen LogP contribution in [0.15, 0.2) is 60.7 Å². The van der Waals surface area contributed by atoms with Gasteiger partial charge in [0.2, 0.25) is 0 Å². The number of hydrogen-bond donors (Lipinski definition) is 2. The van der Waals surface area contributed by atoms with Gasteiger partial charge in [-0.2, -0.15) is 13.2 Å². The third-order valence-electron chi connectivity index (χ3n) is 7.35. The van der Waals surface area contributed by atoms with Crippen molar-refractivity contribution in [2.24, 2.45) is 5.92 Å². The van der Waals surface area contributed by atoms with E-state index in [4.69, 9.17) is 4.74 Å². The van der Waals surface area contributed by atoms with E-state index < -0.39 is 52.0 Å². The third kappa shape index (κ3) is 6.39. The first-order valence-electron chi connectivity index (χ1n) is 12.6. The first-order chi connectivity index (χ1) is 17.6. The Kier molecular flexibility index (Phi) is 8.99. The Morgan fingerprint density at radius 1 is 1.05 bits per heavy atom. The average Bonchev–Trinajstić information content (AvgIpc) is 3.66. The zero-order valence-electron chi connectivity index (χ0n) is 22.1. The number of ether oxygens (including phenoxy) is 1. The monoisotopic (exact) mass is 571 g/mol. The van der Waals surface area contributed by atoms with Gasteiger partial charge < -0.3 is 9.53 Å². The summed E-state index contributed by atoms with van der Waals surface area (Å²) in [5, 5.41) is 3.34. The number of carbonyl (C=O) groups is 1. The zero-order chi connectivity index (χ0) is 28.4. The Hall–Kier alpha value is -2.05. The van der Waals surface area contributed by atoms with Crippen LogP contribution in [0.3, 0.4) is 0 Å². The van der Waals surface area contributed by atoms with E-state index in [-0.39, 0.29) is 25.4 Å². The first kappa shape index (κ1) is 30.5. The van der Waals surface area contributed by atoms with Crippen molar-refractivity contribution >= 4 is 34.3 Å². The molecule has 0 amide bonds. The highest BCUT2D eigenvalue weighted by molar-refractivity contribution is 7.92. The predicted octanol–water partition coefficient (Wildman–Crippen LogP) is 3.53. The van der Waals surface area contributed by atoms with Crippen molar-refractivity contribution in [2.75, 3.05) is 12.5 Å². The zero-order valence-corrected chi connectivity index (χ0v) is 23.9. The smallest absolute Gasteiger partial charge is 0.424 e. The summed E-state index contributed by atoms with van der Waals surface area (Å²) in [5.41, 5.74) is -6.64. The van der Waals surface area contributed by atoms with E-state index in [1.807, 2.05) is 74.5 Å². The molecule has 38 heavy (non-hydrogen) atoms. The average molecular weight is 572 g/mol. The van der Waals surface area contributed by atoms with E-state index in [0.717, 1.165) is 10.4 Å². The van der Waals surface area contributed by atoms with Gasteiger partial charge in [0, 0.05) is 0 Å². The van der Waals surface area contributed by atoms with Crippen LogP contribution in [-0.2, 0) is 19.4 Å². The molecule has 1 aliphatic heterocycles. The molecule has 0 radical (unpaired) electrons. The molecule has 210 valence electrons. The van der Waals surface area contributed by atoms with Crippen LogP contribution < -0.4 is 15.7 Å². The maximum absolute atomic E-state index is 13.5. The summed E-state index contributed by atoms with van der Waals surface area (Å²) in [4.78, 5) is 25.9. The molecule has 0 bridgehead atoms. The second-order valence-corrected chi connectivity index (χ2v) is 17.0. The van der Waals surface area contributed by atoms with Crippen LogP contribution in [0.1, 0.15) is 47.0 Å². The van der Waals surface area contributed by atoms with Crippen molar-refractivity contribution in [2.45, 2.75) is 69.1 Å². The lowest BCUT2D eigenvalue weighted by molar-refractivity contribution is -0.127. The fourth-order valence-electron chi connectivity index (χ4n) is 4.86. The lowest BCUT2D eigenvalue weighted by atomic mass is 9.88. The van der Waals surface area contributed by atoms with Gasteiger partial charge in [-0.3, -0.25) is 10.1 Å². The molecule has 0 aromatic heterocycles. The van der Waals surface area contributed by atoms with Gasteiger partial charge in [0.1, 0.15) is 5.88 Å². The van der Waals surface area contributed by atoms with Gasteiger partial charge in [-0.05, 0) is 40.6 Å². The van der Waals surface area contributed by atoms with Crippen LogP contribution >= 0.6 is 0 Å². The highest BCUT2D eigenvalue weighted by Crippen LogP contribution is 2.45. The van der Waals surface area contributed by atoms with Crippen molar-refractivity contribution in [3.05, 3.63) is 60.7 Å². The highest BCUT2D eigenvalue weighted by atomic mass is 32.2. The standard InChI is InChI=1S/C27H36F3NO5SSi/c1-20(2)17-23(31-19-37(33,34)27(28,29)30)24(32)26(18-36-26)16-15-25(3,4)38(35,21-11-7-5-8-12-21)22-13-9-6-10-14-22/h5-14,20,23,31,35H,15-19H2,1-4H3/t23-,26+/m0/s1. The molecule has 2 aromatic carbocycles. The number of benzene rings is 2. The largest absolute Gasteiger partial charge is 0.498 e. The Morgan fingerprint density at radius 2 is 1.53 bits per heavy atom. The number of halogens is 3. The summed E-state index contributed by atoms with van der Waals surface area (Å²) in [6, 6.07) is 17.7. The second-order valence-electron chi connectivity index (χ2n) is 11.1. The normalized spacial score (nSPS) is 19.4. The van der Waals surface area contributed by atoms with Gasteiger partial charge in [0.05, 0.1) is 12.6 Å². The molecule has 2 aromatic rings. The van der Waals surface area contributed by atoms with Crippen LogP contribution in [0, 0.1) is 5.92 Å².